The molecule has 106 valence electrons. The Bertz CT molecular complexity index is 570. The van der Waals surface area contributed by atoms with E-state index < -0.39 is 0 Å². The number of H-pyrrole nitrogens is 1. The van der Waals surface area contributed by atoms with Gasteiger partial charge in [0, 0.05) is 13.1 Å². The van der Waals surface area contributed by atoms with Crippen LogP contribution in [0.3, 0.4) is 0 Å². The van der Waals surface area contributed by atoms with Gasteiger partial charge in [-0.05, 0) is 48.9 Å². The van der Waals surface area contributed by atoms with Gasteiger partial charge in [0.2, 0.25) is 0 Å². The van der Waals surface area contributed by atoms with Crippen LogP contribution in [0.2, 0.25) is 0 Å². The molecule has 4 nitrogen and oxygen atoms in total. The van der Waals surface area contributed by atoms with Gasteiger partial charge < -0.3 is 9.72 Å². The zero-order valence-corrected chi connectivity index (χ0v) is 11.8. The Morgan fingerprint density at radius 1 is 1.10 bits per heavy atom. The first-order chi connectivity index (χ1) is 9.88. The van der Waals surface area contributed by atoms with Crippen molar-refractivity contribution in [2.75, 3.05) is 26.3 Å². The van der Waals surface area contributed by atoms with E-state index in [4.69, 9.17) is 9.72 Å². The largest absolute Gasteiger partial charge is 0.379 e. The Hall–Kier alpha value is -1.39. The lowest BCUT2D eigenvalue weighted by molar-refractivity contribution is 0.0332. The molecule has 1 saturated heterocycles. The fraction of sp³-hybridized carbons (Fsp3) is 0.562. The lowest BCUT2D eigenvalue weighted by Crippen LogP contribution is -2.35. The number of nitrogens with zero attached hydrogens (tertiary/aromatic N) is 2. The second-order valence-electron chi connectivity index (χ2n) is 5.92. The summed E-state index contributed by atoms with van der Waals surface area (Å²) < 4.78 is 5.39. The molecule has 4 rings (SSSR count). The fourth-order valence-electron chi connectivity index (χ4n) is 3.34. The SMILES string of the molecule is c1c2c(cc3[nH]c(CN4CCOCC4)nc13)CCCC2. The van der Waals surface area contributed by atoms with E-state index in [0.717, 1.165) is 44.2 Å². The molecular weight excluding hydrogens is 250 g/mol. The van der Waals surface area contributed by atoms with E-state index in [0.29, 0.717) is 0 Å². The third-order valence-electron chi connectivity index (χ3n) is 4.47. The van der Waals surface area contributed by atoms with Gasteiger partial charge in [-0.3, -0.25) is 4.90 Å². The summed E-state index contributed by atoms with van der Waals surface area (Å²) in [5.74, 6) is 1.09. The Labute approximate surface area is 119 Å². The molecule has 0 radical (unpaired) electrons. The molecule has 0 saturated carbocycles. The van der Waals surface area contributed by atoms with Crippen LogP contribution in [0, 0.1) is 0 Å². The maximum Gasteiger partial charge on any atom is 0.121 e. The first kappa shape index (κ1) is 12.4. The average molecular weight is 271 g/mol. The van der Waals surface area contributed by atoms with Crippen molar-refractivity contribution in [3.8, 4) is 0 Å². The summed E-state index contributed by atoms with van der Waals surface area (Å²) in [6, 6.07) is 4.61. The van der Waals surface area contributed by atoms with Gasteiger partial charge in [-0.2, -0.15) is 0 Å². The third-order valence-corrected chi connectivity index (χ3v) is 4.47. The predicted octanol–water partition coefficient (Wildman–Crippen LogP) is 2.27. The van der Waals surface area contributed by atoms with Crippen LogP contribution in [0.15, 0.2) is 12.1 Å². The summed E-state index contributed by atoms with van der Waals surface area (Å²) in [6.45, 7) is 4.60. The fourth-order valence-corrected chi connectivity index (χ4v) is 3.34. The van der Waals surface area contributed by atoms with E-state index in [1.807, 2.05) is 0 Å². The van der Waals surface area contributed by atoms with Crippen LogP contribution < -0.4 is 0 Å². The highest BCUT2D eigenvalue weighted by Gasteiger charge is 2.15. The number of nitrogens with one attached hydrogen (secondary N) is 1. The number of hydrogen-bond acceptors (Lipinski definition) is 3. The predicted molar refractivity (Wildman–Crippen MR) is 78.8 cm³/mol. The second-order valence-corrected chi connectivity index (χ2v) is 5.92. The molecule has 0 atom stereocenters. The molecule has 4 heteroatoms. The summed E-state index contributed by atoms with van der Waals surface area (Å²) in [5.41, 5.74) is 5.36. The lowest BCUT2D eigenvalue weighted by atomic mass is 9.91. The zero-order valence-electron chi connectivity index (χ0n) is 11.8. The monoisotopic (exact) mass is 271 g/mol. The molecule has 0 amide bonds. The molecule has 0 spiro atoms. The highest BCUT2D eigenvalue weighted by atomic mass is 16.5. The van der Waals surface area contributed by atoms with Crippen LogP contribution >= 0.6 is 0 Å². The Balaban J connectivity index is 1.61. The van der Waals surface area contributed by atoms with E-state index in [1.54, 1.807) is 0 Å². The van der Waals surface area contributed by atoms with Crippen molar-refractivity contribution in [2.24, 2.45) is 0 Å². The van der Waals surface area contributed by atoms with E-state index in [-0.39, 0.29) is 0 Å². The minimum Gasteiger partial charge on any atom is -0.379 e. The van der Waals surface area contributed by atoms with Gasteiger partial charge in [0.15, 0.2) is 0 Å². The Morgan fingerprint density at radius 2 is 1.85 bits per heavy atom. The smallest absolute Gasteiger partial charge is 0.121 e. The van der Waals surface area contributed by atoms with E-state index in [1.165, 1.54) is 42.3 Å². The molecule has 2 heterocycles. The highest BCUT2D eigenvalue weighted by Crippen LogP contribution is 2.25. The first-order valence-corrected chi connectivity index (χ1v) is 7.69. The van der Waals surface area contributed by atoms with Crippen molar-refractivity contribution < 1.29 is 4.74 Å². The molecule has 1 aliphatic carbocycles. The van der Waals surface area contributed by atoms with Gasteiger partial charge in [0.1, 0.15) is 5.82 Å². The molecule has 1 fully saturated rings. The van der Waals surface area contributed by atoms with Crippen LogP contribution in [-0.2, 0) is 24.1 Å². The van der Waals surface area contributed by atoms with Gasteiger partial charge >= 0.3 is 0 Å². The molecular formula is C16H21N3O. The third kappa shape index (κ3) is 2.34. The number of morpholine rings is 1. The van der Waals surface area contributed by atoms with Crippen molar-refractivity contribution in [1.82, 2.24) is 14.9 Å². The van der Waals surface area contributed by atoms with E-state index in [2.05, 4.69) is 22.0 Å². The minimum absolute atomic E-state index is 0.842. The summed E-state index contributed by atoms with van der Waals surface area (Å²) >= 11 is 0. The molecule has 2 aromatic rings. The zero-order chi connectivity index (χ0) is 13.4. The molecule has 1 N–H and O–H groups in total. The number of aryl methyl sites for hydroxylation is 2. The molecule has 2 aliphatic rings. The number of benzene rings is 1. The van der Waals surface area contributed by atoms with Gasteiger partial charge in [-0.15, -0.1) is 0 Å². The maximum absolute atomic E-state index is 5.39. The number of aromatic nitrogens is 2. The van der Waals surface area contributed by atoms with Crippen molar-refractivity contribution in [2.45, 2.75) is 32.2 Å². The van der Waals surface area contributed by atoms with Crippen molar-refractivity contribution in [3.05, 3.63) is 29.1 Å². The van der Waals surface area contributed by atoms with E-state index in [9.17, 15) is 0 Å². The van der Waals surface area contributed by atoms with Gasteiger partial charge in [-0.25, -0.2) is 4.98 Å². The summed E-state index contributed by atoms with van der Waals surface area (Å²) in [4.78, 5) is 10.7. The van der Waals surface area contributed by atoms with Crippen molar-refractivity contribution >= 4 is 11.0 Å². The standard InChI is InChI=1S/C16H21N3O/c1-2-4-13-10-15-14(9-12(13)3-1)17-16(18-15)11-19-5-7-20-8-6-19/h9-10H,1-8,11H2,(H,17,18). The minimum atomic E-state index is 0.842. The summed E-state index contributed by atoms with van der Waals surface area (Å²) in [6.07, 6.45) is 5.09. The van der Waals surface area contributed by atoms with Crippen molar-refractivity contribution in [3.63, 3.8) is 0 Å². The molecule has 1 aromatic carbocycles. The lowest BCUT2D eigenvalue weighted by Gasteiger charge is -2.25. The second kappa shape index (κ2) is 5.19. The van der Waals surface area contributed by atoms with Gasteiger partial charge in [0.05, 0.1) is 30.8 Å². The number of rotatable bonds is 2. The number of ether oxygens (including phenoxy) is 1. The molecule has 0 bridgehead atoms. The first-order valence-electron chi connectivity index (χ1n) is 7.69. The van der Waals surface area contributed by atoms with Gasteiger partial charge in [-0.1, -0.05) is 0 Å². The van der Waals surface area contributed by atoms with Crippen LogP contribution in [0.25, 0.3) is 11.0 Å². The van der Waals surface area contributed by atoms with Crippen LogP contribution in [0.1, 0.15) is 29.8 Å². The number of hydrogen-bond donors (Lipinski definition) is 1. The average Bonchev–Trinajstić information content (AvgIpc) is 2.86. The quantitative estimate of drug-likeness (QED) is 0.911. The van der Waals surface area contributed by atoms with Gasteiger partial charge in [0.25, 0.3) is 0 Å². The summed E-state index contributed by atoms with van der Waals surface area (Å²) in [5, 5.41) is 0. The van der Waals surface area contributed by atoms with E-state index >= 15 is 0 Å². The molecule has 1 aliphatic heterocycles. The van der Waals surface area contributed by atoms with Crippen LogP contribution in [0.5, 0.6) is 0 Å². The highest BCUT2D eigenvalue weighted by molar-refractivity contribution is 5.77. The van der Waals surface area contributed by atoms with Crippen molar-refractivity contribution in [1.29, 1.82) is 0 Å². The maximum atomic E-state index is 5.39. The molecule has 0 unspecified atom stereocenters. The molecule has 20 heavy (non-hydrogen) atoms. The van der Waals surface area contributed by atoms with Crippen LogP contribution in [0.4, 0.5) is 0 Å². The Kier molecular flexibility index (Phi) is 3.20. The number of aromatic amines is 1. The normalized spacial score (nSPS) is 20.2. The summed E-state index contributed by atoms with van der Waals surface area (Å²) in [7, 11) is 0. The van der Waals surface area contributed by atoms with Crippen LogP contribution in [-0.4, -0.2) is 41.2 Å². The Morgan fingerprint density at radius 3 is 2.65 bits per heavy atom. The number of fused-ring (bicyclic) bond motifs is 2. The number of imidazole rings is 1. The molecule has 1 aromatic heterocycles. The topological polar surface area (TPSA) is 41.2 Å².